The van der Waals surface area contributed by atoms with Crippen LogP contribution in [0.15, 0.2) is 6.07 Å². The summed E-state index contributed by atoms with van der Waals surface area (Å²) in [6, 6.07) is 2.04. The second kappa shape index (κ2) is 6.40. The average molecular weight is 251 g/mol. The zero-order chi connectivity index (χ0) is 13.7. The second-order valence-electron chi connectivity index (χ2n) is 4.44. The number of aryl methyl sites for hydroxylation is 1. The van der Waals surface area contributed by atoms with Gasteiger partial charge in [-0.1, -0.05) is 0 Å². The molecule has 0 aliphatic rings. The Balaban J connectivity index is 2.77. The van der Waals surface area contributed by atoms with Crippen LogP contribution in [-0.4, -0.2) is 31.3 Å². The smallest absolute Gasteiger partial charge is 0.317 e. The fraction of sp³-hybridized carbons (Fsp3) is 0.500. The van der Waals surface area contributed by atoms with Gasteiger partial charge in [0.05, 0.1) is 13.7 Å². The highest BCUT2D eigenvalue weighted by molar-refractivity contribution is 5.69. The molecular weight excluding hydrogens is 230 g/mol. The van der Waals surface area contributed by atoms with E-state index >= 15 is 0 Å². The van der Waals surface area contributed by atoms with E-state index in [2.05, 4.69) is 19.2 Å². The Morgan fingerprint density at radius 1 is 1.33 bits per heavy atom. The zero-order valence-electron chi connectivity index (χ0n) is 11.5. The minimum Gasteiger partial charge on any atom is -0.496 e. The molecule has 100 valence electrons. The van der Waals surface area contributed by atoms with Crippen LogP contribution in [0.5, 0.6) is 5.75 Å². The first-order valence-corrected chi connectivity index (χ1v) is 6.03. The van der Waals surface area contributed by atoms with E-state index in [0.717, 1.165) is 17.7 Å². The van der Waals surface area contributed by atoms with Gasteiger partial charge in [0.25, 0.3) is 0 Å². The van der Waals surface area contributed by atoms with E-state index in [9.17, 15) is 4.79 Å². The second-order valence-corrected chi connectivity index (χ2v) is 4.44. The Bertz CT molecular complexity index is 441. The average Bonchev–Trinajstić information content (AvgIpc) is 2.32. The van der Waals surface area contributed by atoms with E-state index in [1.54, 1.807) is 7.11 Å². The van der Waals surface area contributed by atoms with Crippen LogP contribution < -0.4 is 10.1 Å². The van der Waals surface area contributed by atoms with Crippen molar-refractivity contribution in [2.45, 2.75) is 27.2 Å². The van der Waals surface area contributed by atoms with Crippen LogP contribution in [0.4, 0.5) is 0 Å². The normalized spacial score (nSPS) is 10.4. The number of rotatable bonds is 6. The molecule has 0 amide bonds. The van der Waals surface area contributed by atoms with E-state index in [4.69, 9.17) is 9.84 Å². The van der Waals surface area contributed by atoms with Crippen LogP contribution >= 0.6 is 0 Å². The number of methoxy groups -OCH3 is 1. The number of hydrogen-bond donors (Lipinski definition) is 2. The van der Waals surface area contributed by atoms with E-state index in [1.807, 2.05) is 13.0 Å². The predicted molar refractivity (Wildman–Crippen MR) is 71.4 cm³/mol. The van der Waals surface area contributed by atoms with Gasteiger partial charge >= 0.3 is 5.97 Å². The lowest BCUT2D eigenvalue weighted by atomic mass is 9.95. The first-order valence-electron chi connectivity index (χ1n) is 6.03. The van der Waals surface area contributed by atoms with Crippen molar-refractivity contribution >= 4 is 5.97 Å². The van der Waals surface area contributed by atoms with Crippen molar-refractivity contribution < 1.29 is 14.6 Å². The minimum atomic E-state index is -0.825. The van der Waals surface area contributed by atoms with Gasteiger partial charge in [0.1, 0.15) is 5.75 Å². The largest absolute Gasteiger partial charge is 0.496 e. The summed E-state index contributed by atoms with van der Waals surface area (Å²) >= 11 is 0. The molecule has 1 rings (SSSR count). The third kappa shape index (κ3) is 3.47. The Hall–Kier alpha value is -1.55. The molecule has 0 aliphatic carbocycles. The van der Waals surface area contributed by atoms with Gasteiger partial charge in [0.15, 0.2) is 0 Å². The third-order valence-electron chi connectivity index (χ3n) is 3.26. The number of ether oxygens (including phenoxy) is 1. The molecule has 0 fully saturated rings. The minimum absolute atomic E-state index is 0.00717. The molecule has 2 N–H and O–H groups in total. The number of carboxylic acids is 1. The Morgan fingerprint density at radius 2 is 2.00 bits per heavy atom. The number of hydrogen-bond acceptors (Lipinski definition) is 3. The monoisotopic (exact) mass is 251 g/mol. The van der Waals surface area contributed by atoms with Crippen molar-refractivity contribution in [2.75, 3.05) is 20.2 Å². The Kier molecular flexibility index (Phi) is 5.16. The first kappa shape index (κ1) is 14.5. The van der Waals surface area contributed by atoms with Crippen LogP contribution in [-0.2, 0) is 11.2 Å². The maximum Gasteiger partial charge on any atom is 0.317 e. The van der Waals surface area contributed by atoms with Crippen molar-refractivity contribution in [1.82, 2.24) is 5.32 Å². The molecule has 1 aromatic rings. The van der Waals surface area contributed by atoms with E-state index in [1.165, 1.54) is 16.7 Å². The highest BCUT2D eigenvalue weighted by Crippen LogP contribution is 2.27. The molecule has 0 saturated heterocycles. The first-order chi connectivity index (χ1) is 8.47. The van der Waals surface area contributed by atoms with Gasteiger partial charge in [0.2, 0.25) is 0 Å². The molecular formula is C14H21NO3. The molecule has 18 heavy (non-hydrogen) atoms. The Morgan fingerprint density at radius 3 is 2.56 bits per heavy atom. The van der Waals surface area contributed by atoms with Crippen LogP contribution in [0.3, 0.4) is 0 Å². The van der Waals surface area contributed by atoms with Crippen LogP contribution in [0.2, 0.25) is 0 Å². The summed E-state index contributed by atoms with van der Waals surface area (Å²) in [4.78, 5) is 10.4. The van der Waals surface area contributed by atoms with Crippen LogP contribution in [0, 0.1) is 20.8 Å². The summed E-state index contributed by atoms with van der Waals surface area (Å²) in [5.74, 6) is 0.0848. The van der Waals surface area contributed by atoms with Gasteiger partial charge < -0.3 is 15.2 Å². The molecule has 0 atom stereocenters. The maximum absolute atomic E-state index is 10.4. The molecule has 0 aromatic heterocycles. The maximum atomic E-state index is 10.4. The molecule has 0 spiro atoms. The SMILES string of the molecule is COc1cc(C)c(CCNCC(=O)O)c(C)c1C. The lowest BCUT2D eigenvalue weighted by molar-refractivity contribution is -0.135. The molecule has 1 aromatic carbocycles. The van der Waals surface area contributed by atoms with Gasteiger partial charge in [0, 0.05) is 0 Å². The van der Waals surface area contributed by atoms with Gasteiger partial charge in [-0.3, -0.25) is 4.79 Å². The fourth-order valence-corrected chi connectivity index (χ4v) is 2.10. The highest BCUT2D eigenvalue weighted by atomic mass is 16.5. The van der Waals surface area contributed by atoms with E-state index in [0.29, 0.717) is 6.54 Å². The standard InChI is InChI=1S/C14H21NO3/c1-9-7-13(18-4)11(3)10(2)12(9)5-6-15-8-14(16)17/h7,15H,5-6,8H2,1-4H3,(H,16,17). The zero-order valence-corrected chi connectivity index (χ0v) is 11.5. The van der Waals surface area contributed by atoms with Gasteiger partial charge in [-0.25, -0.2) is 0 Å². The van der Waals surface area contributed by atoms with Crippen molar-refractivity contribution in [3.05, 3.63) is 28.3 Å². The van der Waals surface area contributed by atoms with Gasteiger partial charge in [-0.15, -0.1) is 0 Å². The van der Waals surface area contributed by atoms with Gasteiger partial charge in [-0.05, 0) is 62.1 Å². The molecule has 0 aliphatic heterocycles. The summed E-state index contributed by atoms with van der Waals surface area (Å²) in [7, 11) is 1.68. The molecule has 0 bridgehead atoms. The fourth-order valence-electron chi connectivity index (χ4n) is 2.10. The molecule has 0 unspecified atom stereocenters. The molecule has 0 radical (unpaired) electrons. The van der Waals surface area contributed by atoms with Crippen molar-refractivity contribution in [2.24, 2.45) is 0 Å². The van der Waals surface area contributed by atoms with Crippen molar-refractivity contribution in [3.63, 3.8) is 0 Å². The molecule has 4 nitrogen and oxygen atoms in total. The third-order valence-corrected chi connectivity index (χ3v) is 3.26. The molecule has 4 heteroatoms. The van der Waals surface area contributed by atoms with Crippen LogP contribution in [0.25, 0.3) is 0 Å². The summed E-state index contributed by atoms with van der Waals surface area (Å²) in [5, 5.41) is 11.5. The number of carboxylic acid groups (broad SMARTS) is 1. The summed E-state index contributed by atoms with van der Waals surface area (Å²) in [6.07, 6.45) is 0.829. The number of aliphatic carboxylic acids is 1. The van der Waals surface area contributed by atoms with E-state index < -0.39 is 5.97 Å². The molecule has 0 heterocycles. The summed E-state index contributed by atoms with van der Waals surface area (Å²) in [5.41, 5.74) is 4.83. The summed E-state index contributed by atoms with van der Waals surface area (Å²) < 4.78 is 5.33. The van der Waals surface area contributed by atoms with Crippen molar-refractivity contribution in [1.29, 1.82) is 0 Å². The predicted octanol–water partition coefficient (Wildman–Crippen LogP) is 1.84. The lowest BCUT2D eigenvalue weighted by Gasteiger charge is -2.16. The molecule has 0 saturated carbocycles. The lowest BCUT2D eigenvalue weighted by Crippen LogP contribution is -2.25. The Labute approximate surface area is 108 Å². The topological polar surface area (TPSA) is 58.6 Å². The highest BCUT2D eigenvalue weighted by Gasteiger charge is 2.10. The van der Waals surface area contributed by atoms with Crippen LogP contribution in [0.1, 0.15) is 22.3 Å². The quantitative estimate of drug-likeness (QED) is 0.757. The summed E-state index contributed by atoms with van der Waals surface area (Å²) in [6.45, 7) is 6.85. The van der Waals surface area contributed by atoms with Gasteiger partial charge in [-0.2, -0.15) is 0 Å². The number of carbonyl (C=O) groups is 1. The number of benzene rings is 1. The van der Waals surface area contributed by atoms with E-state index in [-0.39, 0.29) is 6.54 Å². The van der Waals surface area contributed by atoms with Crippen molar-refractivity contribution in [3.8, 4) is 5.75 Å². The number of nitrogens with one attached hydrogen (secondary N) is 1.